The lowest BCUT2D eigenvalue weighted by Crippen LogP contribution is -2.41. The minimum Gasteiger partial charge on any atom is -0.497 e. The van der Waals surface area contributed by atoms with E-state index in [1.807, 2.05) is 0 Å². The number of rotatable bonds is 5. The van der Waals surface area contributed by atoms with Gasteiger partial charge in [0.25, 0.3) is 17.7 Å². The van der Waals surface area contributed by atoms with E-state index in [2.05, 4.69) is 16.2 Å². The molecule has 3 N–H and O–H groups in total. The van der Waals surface area contributed by atoms with Gasteiger partial charge < -0.3 is 10.1 Å². The fourth-order valence-corrected chi connectivity index (χ4v) is 2.69. The Hall–Kier alpha value is -3.84. The molecule has 0 aliphatic rings. The van der Waals surface area contributed by atoms with Crippen molar-refractivity contribution >= 4 is 35.0 Å². The van der Waals surface area contributed by atoms with E-state index in [0.717, 1.165) is 0 Å². The number of anilines is 1. The van der Waals surface area contributed by atoms with Crippen LogP contribution in [0.1, 0.15) is 31.1 Å². The predicted molar refractivity (Wildman–Crippen MR) is 114 cm³/mol. The first-order valence-corrected chi connectivity index (χ1v) is 9.26. The van der Waals surface area contributed by atoms with Crippen LogP contribution in [-0.2, 0) is 0 Å². The molecule has 0 radical (unpaired) electrons. The van der Waals surface area contributed by atoms with Gasteiger partial charge in [0.05, 0.1) is 7.11 Å². The number of nitrogens with one attached hydrogen (secondary N) is 3. The number of benzene rings is 3. The molecule has 3 aromatic carbocycles. The number of amides is 3. The quantitative estimate of drug-likeness (QED) is 0.545. The topological polar surface area (TPSA) is 96.5 Å². The molecule has 3 rings (SSSR count). The van der Waals surface area contributed by atoms with E-state index in [1.54, 1.807) is 66.7 Å². The average Bonchev–Trinajstić information content (AvgIpc) is 2.77. The van der Waals surface area contributed by atoms with Crippen molar-refractivity contribution in [1.29, 1.82) is 0 Å². The normalized spacial score (nSPS) is 10.1. The fraction of sp³-hybridized carbons (Fsp3) is 0.0455. The van der Waals surface area contributed by atoms with Gasteiger partial charge in [0.15, 0.2) is 0 Å². The highest BCUT2D eigenvalue weighted by atomic mass is 35.5. The smallest absolute Gasteiger partial charge is 0.269 e. The molecule has 152 valence electrons. The Morgan fingerprint density at radius 3 is 1.97 bits per heavy atom. The van der Waals surface area contributed by atoms with E-state index >= 15 is 0 Å². The van der Waals surface area contributed by atoms with Crippen molar-refractivity contribution < 1.29 is 19.1 Å². The highest BCUT2D eigenvalue weighted by Gasteiger charge is 2.12. The van der Waals surface area contributed by atoms with Gasteiger partial charge in [-0.2, -0.15) is 0 Å². The maximum atomic E-state index is 12.4. The molecule has 3 aromatic rings. The zero-order valence-electron chi connectivity index (χ0n) is 15.9. The van der Waals surface area contributed by atoms with Crippen LogP contribution in [0.4, 0.5) is 5.69 Å². The molecular formula is C22H18ClN3O4. The Labute approximate surface area is 178 Å². The third-order valence-electron chi connectivity index (χ3n) is 4.11. The summed E-state index contributed by atoms with van der Waals surface area (Å²) in [6, 6.07) is 19.3. The van der Waals surface area contributed by atoms with Gasteiger partial charge in [0, 0.05) is 27.4 Å². The van der Waals surface area contributed by atoms with Crippen LogP contribution < -0.4 is 20.9 Å². The summed E-state index contributed by atoms with van der Waals surface area (Å²) in [5.74, 6) is -0.836. The Kier molecular flexibility index (Phi) is 6.67. The van der Waals surface area contributed by atoms with E-state index in [-0.39, 0.29) is 11.5 Å². The molecule has 30 heavy (non-hydrogen) atoms. The largest absolute Gasteiger partial charge is 0.497 e. The molecule has 8 heteroatoms. The van der Waals surface area contributed by atoms with Gasteiger partial charge in [-0.1, -0.05) is 23.7 Å². The van der Waals surface area contributed by atoms with Crippen molar-refractivity contribution in [3.63, 3.8) is 0 Å². The lowest BCUT2D eigenvalue weighted by Gasteiger charge is -2.10. The highest BCUT2D eigenvalue weighted by Crippen LogP contribution is 2.15. The molecule has 0 unspecified atom stereocenters. The summed E-state index contributed by atoms with van der Waals surface area (Å²) in [5.41, 5.74) is 6.15. The van der Waals surface area contributed by atoms with E-state index in [1.165, 1.54) is 13.2 Å². The summed E-state index contributed by atoms with van der Waals surface area (Å²) in [4.78, 5) is 36.9. The predicted octanol–water partition coefficient (Wildman–Crippen LogP) is 3.68. The second-order valence-corrected chi connectivity index (χ2v) is 6.62. The average molecular weight is 424 g/mol. The number of carbonyl (C=O) groups is 3. The number of carbonyl (C=O) groups excluding carboxylic acids is 3. The van der Waals surface area contributed by atoms with E-state index < -0.39 is 11.8 Å². The molecule has 3 amide bonds. The van der Waals surface area contributed by atoms with Crippen LogP contribution in [0.5, 0.6) is 5.75 Å². The van der Waals surface area contributed by atoms with Gasteiger partial charge in [-0.3, -0.25) is 25.2 Å². The third-order valence-corrected chi connectivity index (χ3v) is 4.36. The van der Waals surface area contributed by atoms with E-state index in [9.17, 15) is 14.4 Å². The van der Waals surface area contributed by atoms with Crippen LogP contribution in [0, 0.1) is 0 Å². The molecule has 0 fully saturated rings. The molecule has 7 nitrogen and oxygen atoms in total. The SMILES string of the molecule is COc1cccc(C(=O)NNC(=O)c2cccc(NC(=O)c3ccc(Cl)cc3)c2)c1. The number of halogens is 1. The standard InChI is InChI=1S/C22H18ClN3O4/c1-30-19-7-3-5-16(13-19)22(29)26-25-21(28)15-4-2-6-18(12-15)24-20(27)14-8-10-17(23)11-9-14/h2-13H,1H3,(H,24,27)(H,25,28)(H,26,29). The summed E-state index contributed by atoms with van der Waals surface area (Å²) >= 11 is 5.83. The number of ether oxygens (including phenoxy) is 1. The Morgan fingerprint density at radius 1 is 0.733 bits per heavy atom. The Morgan fingerprint density at radius 2 is 1.33 bits per heavy atom. The molecule has 0 heterocycles. The Bertz CT molecular complexity index is 1080. The lowest BCUT2D eigenvalue weighted by atomic mass is 10.1. The molecule has 0 saturated carbocycles. The molecule has 0 aromatic heterocycles. The summed E-state index contributed by atoms with van der Waals surface area (Å²) in [5, 5.41) is 3.24. The zero-order valence-corrected chi connectivity index (χ0v) is 16.7. The third kappa shape index (κ3) is 5.36. The maximum absolute atomic E-state index is 12.4. The first-order valence-electron chi connectivity index (χ1n) is 8.88. The van der Waals surface area contributed by atoms with Gasteiger partial charge in [0.2, 0.25) is 0 Å². The van der Waals surface area contributed by atoms with Crippen LogP contribution in [0.15, 0.2) is 72.8 Å². The van der Waals surface area contributed by atoms with Gasteiger partial charge in [0.1, 0.15) is 5.75 Å². The van der Waals surface area contributed by atoms with Crippen molar-refractivity contribution in [2.75, 3.05) is 12.4 Å². The van der Waals surface area contributed by atoms with Gasteiger partial charge in [-0.15, -0.1) is 0 Å². The van der Waals surface area contributed by atoms with Crippen LogP contribution in [-0.4, -0.2) is 24.8 Å². The highest BCUT2D eigenvalue weighted by molar-refractivity contribution is 6.30. The minimum atomic E-state index is -0.533. The number of hydrazine groups is 1. The first-order chi connectivity index (χ1) is 14.5. The van der Waals surface area contributed by atoms with Crippen molar-refractivity contribution in [3.8, 4) is 5.75 Å². The van der Waals surface area contributed by atoms with E-state index in [4.69, 9.17) is 16.3 Å². The van der Waals surface area contributed by atoms with Crippen molar-refractivity contribution in [3.05, 3.63) is 94.5 Å². The van der Waals surface area contributed by atoms with Crippen molar-refractivity contribution in [2.24, 2.45) is 0 Å². The molecular weight excluding hydrogens is 406 g/mol. The van der Waals surface area contributed by atoms with Gasteiger partial charge in [-0.25, -0.2) is 0 Å². The second kappa shape index (κ2) is 9.58. The van der Waals surface area contributed by atoms with Crippen LogP contribution in [0.2, 0.25) is 5.02 Å². The monoisotopic (exact) mass is 423 g/mol. The second-order valence-electron chi connectivity index (χ2n) is 6.18. The van der Waals surface area contributed by atoms with Gasteiger partial charge >= 0.3 is 0 Å². The van der Waals surface area contributed by atoms with Gasteiger partial charge in [-0.05, 0) is 60.7 Å². The zero-order chi connectivity index (χ0) is 21.5. The minimum absolute atomic E-state index is 0.259. The number of methoxy groups -OCH3 is 1. The molecule has 0 aliphatic carbocycles. The number of hydrogen-bond acceptors (Lipinski definition) is 4. The van der Waals surface area contributed by atoms with E-state index in [0.29, 0.717) is 27.6 Å². The summed E-state index contributed by atoms with van der Waals surface area (Å²) in [7, 11) is 1.50. The lowest BCUT2D eigenvalue weighted by molar-refractivity contribution is 0.0846. The fourth-order valence-electron chi connectivity index (χ4n) is 2.56. The Balaban J connectivity index is 1.62. The van der Waals surface area contributed by atoms with Crippen LogP contribution >= 0.6 is 11.6 Å². The summed E-state index contributed by atoms with van der Waals surface area (Å²) in [6.07, 6.45) is 0. The van der Waals surface area contributed by atoms with Crippen molar-refractivity contribution in [2.45, 2.75) is 0 Å². The summed E-state index contributed by atoms with van der Waals surface area (Å²) in [6.45, 7) is 0. The molecule has 0 aliphatic heterocycles. The summed E-state index contributed by atoms with van der Waals surface area (Å²) < 4.78 is 5.07. The van der Waals surface area contributed by atoms with Crippen molar-refractivity contribution in [1.82, 2.24) is 10.9 Å². The molecule has 0 saturated heterocycles. The maximum Gasteiger partial charge on any atom is 0.269 e. The molecule has 0 bridgehead atoms. The first kappa shape index (κ1) is 20.9. The molecule has 0 atom stereocenters. The number of hydrogen-bond donors (Lipinski definition) is 3. The molecule has 0 spiro atoms. The van der Waals surface area contributed by atoms with Crippen LogP contribution in [0.25, 0.3) is 0 Å². The van der Waals surface area contributed by atoms with Crippen LogP contribution in [0.3, 0.4) is 0 Å².